The fraction of sp³-hybridized carbons (Fsp3) is 0.333. The first-order valence-corrected chi connectivity index (χ1v) is 12.5. The van der Waals surface area contributed by atoms with Crippen LogP contribution in [0.3, 0.4) is 0 Å². The number of anilines is 2. The van der Waals surface area contributed by atoms with Gasteiger partial charge in [0.25, 0.3) is 10.0 Å². The molecule has 0 saturated carbocycles. The smallest absolute Gasteiger partial charge is 0.336 e. The van der Waals surface area contributed by atoms with E-state index in [-0.39, 0.29) is 16.1 Å². The largest absolute Gasteiger partial charge is 0.478 e. The number of carboxylic acid groups (broad SMARTS) is 1. The van der Waals surface area contributed by atoms with E-state index >= 15 is 0 Å². The molecule has 4 rings (SSSR count). The van der Waals surface area contributed by atoms with Crippen LogP contribution in [-0.4, -0.2) is 62.1 Å². The molecule has 174 valence electrons. The molecule has 1 aromatic heterocycles. The van der Waals surface area contributed by atoms with Crippen LogP contribution in [0.25, 0.3) is 10.9 Å². The van der Waals surface area contributed by atoms with Crippen molar-refractivity contribution in [2.24, 2.45) is 0 Å². The second kappa shape index (κ2) is 9.36. The van der Waals surface area contributed by atoms with Gasteiger partial charge in [0.1, 0.15) is 5.82 Å². The zero-order chi connectivity index (χ0) is 23.6. The minimum atomic E-state index is -3.81. The topological polar surface area (TPSA) is 103 Å². The first kappa shape index (κ1) is 23.0. The molecular formula is C24H28N4O4S. The highest BCUT2D eigenvalue weighted by Crippen LogP contribution is 2.28. The van der Waals surface area contributed by atoms with Crippen molar-refractivity contribution in [3.63, 3.8) is 0 Å². The molecule has 2 aromatic carbocycles. The molecular weight excluding hydrogens is 440 g/mol. The molecule has 8 nitrogen and oxygen atoms in total. The van der Waals surface area contributed by atoms with Crippen LogP contribution < -0.4 is 9.62 Å². The summed E-state index contributed by atoms with van der Waals surface area (Å²) in [6, 6.07) is 13.1. The summed E-state index contributed by atoms with van der Waals surface area (Å²) in [6.45, 7) is 8.33. The summed E-state index contributed by atoms with van der Waals surface area (Å²) in [6.07, 6.45) is 1.10. The zero-order valence-electron chi connectivity index (χ0n) is 18.8. The first-order valence-electron chi connectivity index (χ1n) is 11.0. The molecule has 2 heterocycles. The molecule has 0 aliphatic carbocycles. The number of rotatable bonds is 7. The van der Waals surface area contributed by atoms with Crippen molar-refractivity contribution >= 4 is 38.4 Å². The summed E-state index contributed by atoms with van der Waals surface area (Å²) in [7, 11) is -3.81. The highest BCUT2D eigenvalue weighted by Gasteiger charge is 2.22. The van der Waals surface area contributed by atoms with Gasteiger partial charge < -0.3 is 10.0 Å². The summed E-state index contributed by atoms with van der Waals surface area (Å²) in [5.41, 5.74) is 1.53. The van der Waals surface area contributed by atoms with Crippen molar-refractivity contribution in [1.29, 1.82) is 0 Å². The van der Waals surface area contributed by atoms with Crippen LogP contribution in [-0.2, 0) is 10.0 Å². The Morgan fingerprint density at radius 2 is 1.82 bits per heavy atom. The summed E-state index contributed by atoms with van der Waals surface area (Å²) in [5.74, 6) is -0.448. The zero-order valence-corrected chi connectivity index (χ0v) is 19.6. The third-order valence-electron chi connectivity index (χ3n) is 5.90. The maximum absolute atomic E-state index is 12.9. The first-order chi connectivity index (χ1) is 15.8. The number of benzene rings is 2. The van der Waals surface area contributed by atoms with Gasteiger partial charge in [0.05, 0.1) is 16.0 Å². The van der Waals surface area contributed by atoms with Gasteiger partial charge in [0.15, 0.2) is 0 Å². The quantitative estimate of drug-likeness (QED) is 0.546. The van der Waals surface area contributed by atoms with Crippen LogP contribution in [0.1, 0.15) is 29.3 Å². The Hall–Kier alpha value is -3.17. The van der Waals surface area contributed by atoms with Crippen LogP contribution in [0, 0.1) is 6.92 Å². The van der Waals surface area contributed by atoms with Gasteiger partial charge in [-0.2, -0.15) is 0 Å². The van der Waals surface area contributed by atoms with E-state index in [1.54, 1.807) is 43.3 Å². The van der Waals surface area contributed by atoms with Crippen LogP contribution in [0.4, 0.5) is 11.5 Å². The number of sulfonamides is 1. The highest BCUT2D eigenvalue weighted by atomic mass is 32.2. The third kappa shape index (κ3) is 4.94. The lowest BCUT2D eigenvalue weighted by Gasteiger charge is -2.35. The molecule has 1 aliphatic heterocycles. The maximum Gasteiger partial charge on any atom is 0.336 e. The Balaban J connectivity index is 1.65. The molecule has 33 heavy (non-hydrogen) atoms. The average Bonchev–Trinajstić information content (AvgIpc) is 2.79. The third-order valence-corrected chi connectivity index (χ3v) is 7.44. The van der Waals surface area contributed by atoms with Gasteiger partial charge in [0, 0.05) is 37.3 Å². The second-order valence-corrected chi connectivity index (χ2v) is 9.92. The average molecular weight is 469 g/mol. The molecule has 1 aliphatic rings. The number of piperazine rings is 1. The molecule has 0 spiro atoms. The lowest BCUT2D eigenvalue weighted by molar-refractivity contribution is 0.0699. The number of nitrogens with zero attached hydrogens (tertiary/aromatic N) is 3. The number of pyridine rings is 1. The van der Waals surface area contributed by atoms with Gasteiger partial charge in [0.2, 0.25) is 0 Å². The molecule has 1 saturated heterocycles. The van der Waals surface area contributed by atoms with Crippen molar-refractivity contribution in [3.05, 3.63) is 59.7 Å². The fourth-order valence-corrected chi connectivity index (χ4v) is 5.50. The maximum atomic E-state index is 12.9. The minimum Gasteiger partial charge on any atom is -0.478 e. The molecule has 0 amide bonds. The Labute approximate surface area is 193 Å². The predicted octanol–water partition coefficient (Wildman–Crippen LogP) is 3.57. The van der Waals surface area contributed by atoms with Crippen molar-refractivity contribution < 1.29 is 18.3 Å². The number of aromatic carboxylic acids is 1. The number of fused-ring (bicyclic) bond motifs is 1. The lowest BCUT2D eigenvalue weighted by atomic mass is 10.1. The molecule has 0 bridgehead atoms. The van der Waals surface area contributed by atoms with Crippen molar-refractivity contribution in [2.45, 2.75) is 25.2 Å². The number of carboxylic acids is 1. The van der Waals surface area contributed by atoms with Crippen molar-refractivity contribution in [3.8, 4) is 0 Å². The van der Waals surface area contributed by atoms with E-state index in [0.29, 0.717) is 22.3 Å². The van der Waals surface area contributed by atoms with Crippen LogP contribution in [0.2, 0.25) is 0 Å². The van der Waals surface area contributed by atoms with Crippen LogP contribution in [0.15, 0.2) is 53.4 Å². The van der Waals surface area contributed by atoms with Gasteiger partial charge in [-0.15, -0.1) is 0 Å². The number of carbonyl (C=O) groups is 1. The molecule has 9 heteroatoms. The molecule has 0 unspecified atom stereocenters. The Kier molecular flexibility index (Phi) is 6.53. The molecule has 3 aromatic rings. The number of hydrogen-bond donors (Lipinski definition) is 2. The predicted molar refractivity (Wildman–Crippen MR) is 130 cm³/mol. The molecule has 0 atom stereocenters. The van der Waals surface area contributed by atoms with E-state index in [1.165, 1.54) is 12.1 Å². The Morgan fingerprint density at radius 3 is 2.48 bits per heavy atom. The van der Waals surface area contributed by atoms with E-state index in [4.69, 9.17) is 0 Å². The Bertz CT molecular complexity index is 1280. The van der Waals surface area contributed by atoms with E-state index < -0.39 is 16.0 Å². The van der Waals surface area contributed by atoms with Gasteiger partial charge in [-0.3, -0.25) is 9.62 Å². The van der Waals surface area contributed by atoms with E-state index in [2.05, 4.69) is 26.4 Å². The SMILES string of the molecule is CCCN1CCN(c2cc(C(=O)O)c3cc(NS(=O)(=O)c4ccccc4C)ccc3n2)CC1. The summed E-state index contributed by atoms with van der Waals surface area (Å²) in [4.78, 5) is 21.4. The normalized spacial score (nSPS) is 15.0. The molecule has 0 radical (unpaired) electrons. The van der Waals surface area contributed by atoms with Crippen molar-refractivity contribution in [2.75, 3.05) is 42.3 Å². The number of aryl methyl sites for hydroxylation is 1. The van der Waals surface area contributed by atoms with Crippen LogP contribution >= 0.6 is 0 Å². The molecule has 2 N–H and O–H groups in total. The van der Waals surface area contributed by atoms with E-state index in [9.17, 15) is 18.3 Å². The molecule has 1 fully saturated rings. The monoisotopic (exact) mass is 468 g/mol. The summed E-state index contributed by atoms with van der Waals surface area (Å²) >= 11 is 0. The second-order valence-electron chi connectivity index (χ2n) is 8.26. The summed E-state index contributed by atoms with van der Waals surface area (Å²) in [5, 5.41) is 10.3. The number of hydrogen-bond acceptors (Lipinski definition) is 6. The number of aromatic nitrogens is 1. The van der Waals surface area contributed by atoms with E-state index in [1.807, 2.05) is 0 Å². The lowest BCUT2D eigenvalue weighted by Crippen LogP contribution is -2.46. The minimum absolute atomic E-state index is 0.0999. The van der Waals surface area contributed by atoms with Gasteiger partial charge in [-0.1, -0.05) is 25.1 Å². The number of nitrogens with one attached hydrogen (secondary N) is 1. The Morgan fingerprint density at radius 1 is 1.09 bits per heavy atom. The van der Waals surface area contributed by atoms with Gasteiger partial charge in [-0.25, -0.2) is 18.2 Å². The van der Waals surface area contributed by atoms with Gasteiger partial charge >= 0.3 is 5.97 Å². The summed E-state index contributed by atoms with van der Waals surface area (Å²) < 4.78 is 28.3. The van der Waals surface area contributed by atoms with Crippen molar-refractivity contribution in [1.82, 2.24) is 9.88 Å². The van der Waals surface area contributed by atoms with Gasteiger partial charge in [-0.05, 0) is 55.8 Å². The fourth-order valence-electron chi connectivity index (χ4n) is 4.20. The standard InChI is InChI=1S/C24H28N4O4S/c1-3-10-27-11-13-28(14-12-27)23-16-20(24(29)30)19-15-18(8-9-21(19)25-23)26-33(31,32)22-7-5-4-6-17(22)2/h4-9,15-16,26H,3,10-14H2,1-2H3,(H,29,30). The van der Waals surface area contributed by atoms with Crippen LogP contribution in [0.5, 0.6) is 0 Å². The highest BCUT2D eigenvalue weighted by molar-refractivity contribution is 7.92. The van der Waals surface area contributed by atoms with E-state index in [0.717, 1.165) is 39.1 Å².